The highest BCUT2D eigenvalue weighted by Gasteiger charge is 2.31. The van der Waals surface area contributed by atoms with Crippen LogP contribution >= 0.6 is 0 Å². The van der Waals surface area contributed by atoms with Crippen molar-refractivity contribution in [3.05, 3.63) is 24.3 Å². The molecule has 0 rings (SSSR count). The molecule has 0 aliphatic heterocycles. The maximum absolute atomic E-state index is 12.8. The number of hydrogen-bond acceptors (Lipinski definition) is 6. The third-order valence-electron chi connectivity index (χ3n) is 12.4. The number of carboxylic acid groups (broad SMARTS) is 1. The summed E-state index contributed by atoms with van der Waals surface area (Å²) >= 11 is 0. The van der Waals surface area contributed by atoms with Gasteiger partial charge in [0.25, 0.3) is 0 Å². The molecule has 0 bridgehead atoms. The monoisotopic (exact) mass is 891 g/mol. The molecule has 0 spiro atoms. The second-order valence-corrected chi connectivity index (χ2v) is 19.5. The minimum absolute atomic E-state index is 0.0491. The molecule has 0 aromatic rings. The van der Waals surface area contributed by atoms with E-state index in [1.165, 1.54) is 173 Å². The maximum atomic E-state index is 12.8. The van der Waals surface area contributed by atoms with Gasteiger partial charge in [0.1, 0.15) is 6.61 Å². The molecular formula is C55H104NO7+. The molecule has 63 heavy (non-hydrogen) atoms. The number of rotatable bonds is 49. The first-order valence-corrected chi connectivity index (χ1v) is 26.9. The number of carbonyl (C=O) groups excluding carboxylic acids is 2. The summed E-state index contributed by atoms with van der Waals surface area (Å²) in [5, 5.41) is 9.66. The Bertz CT molecular complexity index is 1080. The Morgan fingerprint density at radius 2 is 0.841 bits per heavy atom. The lowest BCUT2D eigenvalue weighted by Gasteiger charge is -2.31. The maximum Gasteiger partial charge on any atom is 0.362 e. The van der Waals surface area contributed by atoms with Crippen LogP contribution < -0.4 is 0 Å². The second kappa shape index (κ2) is 46.3. The highest BCUT2D eigenvalue weighted by Crippen LogP contribution is 2.16. The lowest BCUT2D eigenvalue weighted by atomic mass is 10.0. The van der Waals surface area contributed by atoms with Gasteiger partial charge in [0.15, 0.2) is 12.1 Å². The lowest BCUT2D eigenvalue weighted by molar-refractivity contribution is -0.887. The number of carbonyl (C=O) groups is 3. The van der Waals surface area contributed by atoms with Crippen molar-refractivity contribution in [3.63, 3.8) is 0 Å². The summed E-state index contributed by atoms with van der Waals surface area (Å²) < 4.78 is 17.4. The fourth-order valence-electron chi connectivity index (χ4n) is 8.18. The molecule has 0 aliphatic rings. The van der Waals surface area contributed by atoms with Crippen LogP contribution in [0.15, 0.2) is 24.3 Å². The van der Waals surface area contributed by atoms with Gasteiger partial charge in [-0.25, -0.2) is 4.79 Å². The molecule has 2 atom stereocenters. The zero-order valence-electron chi connectivity index (χ0n) is 42.3. The average molecular weight is 891 g/mol. The summed E-state index contributed by atoms with van der Waals surface area (Å²) in [5.74, 6) is -1.46. The summed E-state index contributed by atoms with van der Waals surface area (Å²) in [7, 11) is 5.54. The van der Waals surface area contributed by atoms with Crippen LogP contribution in [0.4, 0.5) is 0 Å². The molecular weight excluding hydrogens is 787 g/mol. The van der Waals surface area contributed by atoms with Gasteiger partial charge in [-0.2, -0.15) is 0 Å². The molecule has 0 aliphatic carbocycles. The van der Waals surface area contributed by atoms with Crippen molar-refractivity contribution >= 4 is 17.9 Å². The van der Waals surface area contributed by atoms with Gasteiger partial charge in [-0.05, 0) is 44.9 Å². The number of aliphatic carboxylic acids is 1. The Kier molecular flexibility index (Phi) is 44.7. The van der Waals surface area contributed by atoms with E-state index in [9.17, 15) is 19.5 Å². The average Bonchev–Trinajstić information content (AvgIpc) is 3.24. The minimum Gasteiger partial charge on any atom is -0.477 e. The standard InChI is InChI=1S/C55H103NO7/c1-6-8-10-12-14-16-18-20-22-24-25-26-27-28-30-32-34-36-38-40-42-44-46-54(58)63-51(49-61-48-47-52(55(59)60)56(3,4)5)50-62-53(57)45-43-41-39-37-35-33-31-29-23-21-19-17-15-13-11-9-7-2/h24-25,27-28,51-52H,6-23,26,29-50H2,1-5H3/p+1/b25-24+,28-27+. The van der Waals surface area contributed by atoms with Crippen molar-refractivity contribution in [2.75, 3.05) is 41.0 Å². The Morgan fingerprint density at radius 1 is 0.476 bits per heavy atom. The van der Waals surface area contributed by atoms with Crippen LogP contribution in [0.3, 0.4) is 0 Å². The first kappa shape index (κ1) is 60.8. The van der Waals surface area contributed by atoms with Crippen LogP contribution in [0.25, 0.3) is 0 Å². The molecule has 8 nitrogen and oxygen atoms in total. The number of esters is 2. The highest BCUT2D eigenvalue weighted by molar-refractivity contribution is 5.72. The summed E-state index contributed by atoms with van der Waals surface area (Å²) in [6.07, 6.45) is 53.7. The van der Waals surface area contributed by atoms with Crippen LogP contribution in [0, 0.1) is 0 Å². The van der Waals surface area contributed by atoms with Crippen LogP contribution in [0.2, 0.25) is 0 Å². The lowest BCUT2D eigenvalue weighted by Crippen LogP contribution is -2.50. The molecule has 0 fully saturated rings. The molecule has 0 aromatic heterocycles. The number of carboxylic acids is 1. The van der Waals surface area contributed by atoms with E-state index in [2.05, 4.69) is 38.2 Å². The van der Waals surface area contributed by atoms with E-state index in [0.717, 1.165) is 51.4 Å². The van der Waals surface area contributed by atoms with Gasteiger partial charge < -0.3 is 23.8 Å². The third-order valence-corrected chi connectivity index (χ3v) is 12.4. The van der Waals surface area contributed by atoms with Crippen molar-refractivity contribution in [2.24, 2.45) is 0 Å². The van der Waals surface area contributed by atoms with E-state index in [4.69, 9.17) is 14.2 Å². The number of allylic oxidation sites excluding steroid dienone is 4. The molecule has 0 saturated heterocycles. The number of likely N-dealkylation sites (N-methyl/N-ethyl adjacent to an activating group) is 1. The van der Waals surface area contributed by atoms with E-state index in [1.807, 2.05) is 21.1 Å². The normalized spacial score (nSPS) is 13.0. The van der Waals surface area contributed by atoms with Crippen molar-refractivity contribution in [3.8, 4) is 0 Å². The smallest absolute Gasteiger partial charge is 0.362 e. The Morgan fingerprint density at radius 3 is 1.22 bits per heavy atom. The van der Waals surface area contributed by atoms with Crippen LogP contribution in [-0.4, -0.2) is 80.6 Å². The summed E-state index contributed by atoms with van der Waals surface area (Å²) in [6, 6.07) is -0.614. The van der Waals surface area contributed by atoms with E-state index >= 15 is 0 Å². The van der Waals surface area contributed by atoms with Crippen molar-refractivity contribution in [1.82, 2.24) is 0 Å². The Balaban J connectivity index is 4.21. The largest absolute Gasteiger partial charge is 0.477 e. The van der Waals surface area contributed by atoms with Gasteiger partial charge in [0, 0.05) is 19.3 Å². The predicted molar refractivity (Wildman–Crippen MR) is 266 cm³/mol. The molecule has 0 heterocycles. The SMILES string of the molecule is CCCCCCCCCC/C=C/C/C=C/CCCCCCCCCC(=O)OC(COCCC(C(=O)O)[N+](C)(C)C)COC(=O)CCCCCCCCCCCCCCCCCCC. The van der Waals surface area contributed by atoms with Crippen LogP contribution in [0.1, 0.15) is 258 Å². The molecule has 2 unspecified atom stereocenters. The quantitative estimate of drug-likeness (QED) is 0.0281. The zero-order chi connectivity index (χ0) is 46.3. The second-order valence-electron chi connectivity index (χ2n) is 19.5. The van der Waals surface area contributed by atoms with E-state index in [-0.39, 0.29) is 36.2 Å². The molecule has 370 valence electrons. The predicted octanol–water partition coefficient (Wildman–Crippen LogP) is 15.6. The van der Waals surface area contributed by atoms with Crippen LogP contribution in [-0.2, 0) is 28.6 Å². The summed E-state index contributed by atoms with van der Waals surface area (Å²) in [6.45, 7) is 4.77. The van der Waals surface area contributed by atoms with E-state index in [0.29, 0.717) is 19.3 Å². The van der Waals surface area contributed by atoms with Gasteiger partial charge in [-0.15, -0.1) is 0 Å². The Hall–Kier alpha value is -2.19. The molecule has 0 amide bonds. The van der Waals surface area contributed by atoms with Gasteiger partial charge in [0.2, 0.25) is 0 Å². The number of quaternary nitrogens is 1. The van der Waals surface area contributed by atoms with Crippen molar-refractivity contribution < 1.29 is 38.2 Å². The Labute approximate surface area is 390 Å². The number of hydrogen-bond donors (Lipinski definition) is 1. The number of nitrogens with zero attached hydrogens (tertiary/aromatic N) is 1. The summed E-state index contributed by atoms with van der Waals surface area (Å²) in [4.78, 5) is 37.2. The molecule has 1 N–H and O–H groups in total. The van der Waals surface area contributed by atoms with Gasteiger partial charge >= 0.3 is 17.9 Å². The van der Waals surface area contributed by atoms with Crippen LogP contribution in [0.5, 0.6) is 0 Å². The molecule has 0 radical (unpaired) electrons. The summed E-state index contributed by atoms with van der Waals surface area (Å²) in [5.41, 5.74) is 0. The highest BCUT2D eigenvalue weighted by atomic mass is 16.6. The van der Waals surface area contributed by atoms with Gasteiger partial charge in [-0.1, -0.05) is 218 Å². The topological polar surface area (TPSA) is 99.1 Å². The van der Waals surface area contributed by atoms with Gasteiger partial charge in [-0.3, -0.25) is 9.59 Å². The fraction of sp³-hybridized carbons (Fsp3) is 0.873. The van der Waals surface area contributed by atoms with E-state index < -0.39 is 18.1 Å². The number of ether oxygens (including phenoxy) is 3. The number of unbranched alkanes of at least 4 members (excludes halogenated alkanes) is 31. The first-order chi connectivity index (χ1) is 30.6. The molecule has 0 saturated carbocycles. The fourth-order valence-corrected chi connectivity index (χ4v) is 8.18. The first-order valence-electron chi connectivity index (χ1n) is 26.9. The van der Waals surface area contributed by atoms with Gasteiger partial charge in [0.05, 0.1) is 34.4 Å². The molecule has 0 aromatic carbocycles. The molecule has 8 heteroatoms. The van der Waals surface area contributed by atoms with Crippen molar-refractivity contribution in [1.29, 1.82) is 0 Å². The van der Waals surface area contributed by atoms with Crippen molar-refractivity contribution in [2.45, 2.75) is 270 Å². The zero-order valence-corrected chi connectivity index (χ0v) is 42.3. The van der Waals surface area contributed by atoms with E-state index in [1.54, 1.807) is 0 Å². The third kappa shape index (κ3) is 44.8. The minimum atomic E-state index is -0.873.